The zero-order valence-corrected chi connectivity index (χ0v) is 35.0. The van der Waals surface area contributed by atoms with Crippen LogP contribution in [0.4, 0.5) is 13.2 Å². The minimum absolute atomic E-state index is 0.0179. The average molecular weight is 888 g/mol. The summed E-state index contributed by atoms with van der Waals surface area (Å²) >= 11 is 0.908. The van der Waals surface area contributed by atoms with Crippen molar-refractivity contribution >= 4 is 43.4 Å². The molecule has 0 unspecified atom stereocenters. The predicted octanol–water partition coefficient (Wildman–Crippen LogP) is 4.16. The minimum atomic E-state index is -4.48. The Morgan fingerprint density at radius 3 is 2.12 bits per heavy atom. The number of aromatic nitrogens is 4. The zero-order chi connectivity index (χ0) is 43.2. The first kappa shape index (κ1) is 48.4. The molecule has 0 radical (unpaired) electrons. The van der Waals surface area contributed by atoms with Crippen LogP contribution in [-0.2, 0) is 62.6 Å². The number of nitrogens with one attached hydrogen (secondary N) is 2. The molecular weight excluding hydrogens is 836 g/mol. The van der Waals surface area contributed by atoms with Gasteiger partial charge in [-0.25, -0.2) is 23.2 Å². The lowest BCUT2D eigenvalue weighted by Gasteiger charge is -2.17. The number of thiazole rings is 1. The summed E-state index contributed by atoms with van der Waals surface area (Å²) in [7, 11) is -3.96. The Morgan fingerprint density at radius 2 is 1.50 bits per heavy atom. The number of rotatable bonds is 30. The highest BCUT2D eigenvalue weighted by Gasteiger charge is 2.30. The van der Waals surface area contributed by atoms with Crippen molar-refractivity contribution in [1.82, 2.24) is 30.6 Å². The van der Waals surface area contributed by atoms with Crippen LogP contribution in [-0.4, -0.2) is 113 Å². The van der Waals surface area contributed by atoms with Gasteiger partial charge in [-0.1, -0.05) is 24.3 Å². The van der Waals surface area contributed by atoms with E-state index in [4.69, 9.17) is 33.6 Å². The quantitative estimate of drug-likeness (QED) is 0.0628. The van der Waals surface area contributed by atoms with Crippen molar-refractivity contribution in [3.05, 3.63) is 65.5 Å². The lowest BCUT2D eigenvalue weighted by Crippen LogP contribution is -2.33. The first-order valence-electron chi connectivity index (χ1n) is 19.4. The largest absolute Gasteiger partial charge is 0.487 e. The number of hydrogen-bond acceptors (Lipinski definition) is 14. The van der Waals surface area contributed by atoms with E-state index in [-0.39, 0.29) is 36.4 Å². The minimum Gasteiger partial charge on any atom is -0.487 e. The Balaban J connectivity index is 1.17. The van der Waals surface area contributed by atoms with Gasteiger partial charge >= 0.3 is 6.18 Å². The maximum atomic E-state index is 13.5. The molecule has 2 aromatic heterocycles. The number of hydrogen-bond donors (Lipinski definition) is 3. The molecule has 0 aliphatic rings. The average Bonchev–Trinajstić information content (AvgIpc) is 3.88. The van der Waals surface area contributed by atoms with Crippen LogP contribution in [0.25, 0.3) is 10.2 Å². The number of primary sulfonamides is 1. The van der Waals surface area contributed by atoms with Gasteiger partial charge in [0.2, 0.25) is 16.2 Å². The number of amides is 2. The maximum Gasteiger partial charge on any atom is 0.416 e. The van der Waals surface area contributed by atoms with E-state index in [1.54, 1.807) is 24.4 Å². The van der Waals surface area contributed by atoms with Crippen molar-refractivity contribution in [3.8, 4) is 5.75 Å². The molecule has 2 amide bonds. The topological polar surface area (TPSA) is 217 Å². The molecule has 17 nitrogen and oxygen atoms in total. The van der Waals surface area contributed by atoms with Crippen LogP contribution in [0.3, 0.4) is 0 Å². The van der Waals surface area contributed by atoms with E-state index in [1.165, 1.54) is 16.8 Å². The lowest BCUT2D eigenvalue weighted by atomic mass is 10.1. The number of benzene rings is 2. The predicted molar refractivity (Wildman–Crippen MR) is 214 cm³/mol. The molecule has 4 rings (SSSR count). The third kappa shape index (κ3) is 17.7. The van der Waals surface area contributed by atoms with E-state index in [1.807, 2.05) is 0 Å². The molecule has 0 bridgehead atoms. The summed E-state index contributed by atoms with van der Waals surface area (Å²) in [6, 6.07) is 8.50. The van der Waals surface area contributed by atoms with Crippen molar-refractivity contribution in [2.75, 3.05) is 72.6 Å². The number of nitrogens with two attached hydrogens (primary N) is 1. The molecule has 22 heteroatoms. The van der Waals surface area contributed by atoms with Crippen LogP contribution in [0.2, 0.25) is 0 Å². The second kappa shape index (κ2) is 25.5. The number of halogens is 3. The van der Waals surface area contributed by atoms with Crippen molar-refractivity contribution in [2.24, 2.45) is 5.14 Å². The Morgan fingerprint density at radius 1 is 0.867 bits per heavy atom. The Bertz CT molecular complexity index is 2000. The van der Waals surface area contributed by atoms with E-state index in [0.717, 1.165) is 36.5 Å². The number of carbonyl (C=O) groups excluding carboxylic acids is 2. The van der Waals surface area contributed by atoms with Crippen LogP contribution >= 0.6 is 11.3 Å². The highest BCUT2D eigenvalue weighted by Crippen LogP contribution is 2.30. The SMILES string of the molecule is CCCOCCOCCOCCOCCOCCC(=O)NCCCC[C@@H](C(=O)NCc1ccc(C(F)(F)F)cc1)n1cc(COc2ccc3nc(S(N)(=O)=O)sc3c2)nn1. The van der Waals surface area contributed by atoms with Gasteiger partial charge in [0.25, 0.3) is 10.0 Å². The summed E-state index contributed by atoms with van der Waals surface area (Å²) in [6.07, 6.45) is -0.416. The molecular formula is C38H52F3N7O10S2. The third-order valence-corrected chi connectivity index (χ3v) is 10.8. The Kier molecular flexibility index (Phi) is 20.5. The van der Waals surface area contributed by atoms with Crippen LogP contribution < -0.4 is 20.5 Å². The van der Waals surface area contributed by atoms with Gasteiger partial charge in [0, 0.05) is 26.1 Å². The number of fused-ring (bicyclic) bond motifs is 1. The molecule has 2 aromatic carbocycles. The second-order valence-corrected chi connectivity index (χ2v) is 16.0. The Labute approximate surface area is 350 Å². The van der Waals surface area contributed by atoms with Crippen LogP contribution in [0, 0.1) is 0 Å². The van der Waals surface area contributed by atoms with Crippen molar-refractivity contribution < 1.29 is 59.6 Å². The molecule has 2 heterocycles. The van der Waals surface area contributed by atoms with Crippen molar-refractivity contribution in [2.45, 2.75) is 68.7 Å². The van der Waals surface area contributed by atoms with Gasteiger partial charge in [0.15, 0.2) is 0 Å². The maximum absolute atomic E-state index is 13.5. The molecule has 4 aromatic rings. The second-order valence-electron chi connectivity index (χ2n) is 13.2. The lowest BCUT2D eigenvalue weighted by molar-refractivity contribution is -0.137. The van der Waals surface area contributed by atoms with Gasteiger partial charge in [0.1, 0.15) is 24.1 Å². The third-order valence-electron chi connectivity index (χ3n) is 8.43. The number of nitrogens with zero attached hydrogens (tertiary/aromatic N) is 4. The summed E-state index contributed by atoms with van der Waals surface area (Å²) in [5, 5.41) is 19.1. The van der Waals surface area contributed by atoms with Gasteiger partial charge in [0.05, 0.1) is 81.4 Å². The number of unbranched alkanes of at least 4 members (excludes halogenated alkanes) is 1. The molecule has 0 saturated carbocycles. The van der Waals surface area contributed by atoms with E-state index in [0.29, 0.717) is 106 Å². The molecule has 0 fully saturated rings. The molecule has 1 atom stereocenters. The van der Waals surface area contributed by atoms with Gasteiger partial charge in [-0.2, -0.15) is 13.2 Å². The fourth-order valence-corrected chi connectivity index (χ4v) is 7.04. The number of alkyl halides is 3. The summed E-state index contributed by atoms with van der Waals surface area (Å²) in [6.45, 7) is 6.94. The van der Waals surface area contributed by atoms with E-state index in [9.17, 15) is 31.2 Å². The molecule has 0 aliphatic heterocycles. The fourth-order valence-electron chi connectivity index (χ4n) is 5.36. The number of ether oxygens (including phenoxy) is 6. The van der Waals surface area contributed by atoms with Crippen LogP contribution in [0.5, 0.6) is 5.75 Å². The summed E-state index contributed by atoms with van der Waals surface area (Å²) in [5.41, 5.74) is 0.514. The zero-order valence-electron chi connectivity index (χ0n) is 33.3. The van der Waals surface area contributed by atoms with Gasteiger partial charge in [-0.3, -0.25) is 9.59 Å². The normalized spacial score (nSPS) is 12.5. The molecule has 0 spiro atoms. The number of carbonyl (C=O) groups is 2. The highest BCUT2D eigenvalue weighted by molar-refractivity contribution is 7.91. The summed E-state index contributed by atoms with van der Waals surface area (Å²) in [5.74, 6) is -0.205. The monoisotopic (exact) mass is 887 g/mol. The van der Waals surface area contributed by atoms with Crippen LogP contribution in [0.1, 0.15) is 61.9 Å². The van der Waals surface area contributed by atoms with E-state index < -0.39 is 33.7 Å². The van der Waals surface area contributed by atoms with Gasteiger partial charge in [-0.15, -0.1) is 16.4 Å². The molecule has 0 saturated heterocycles. The first-order chi connectivity index (χ1) is 28.8. The van der Waals surface area contributed by atoms with Gasteiger partial charge < -0.3 is 39.1 Å². The molecule has 332 valence electrons. The first-order valence-corrected chi connectivity index (χ1v) is 21.8. The summed E-state index contributed by atoms with van der Waals surface area (Å²) < 4.78 is 97.1. The smallest absolute Gasteiger partial charge is 0.416 e. The standard InChI is InChI=1S/C38H52F3N7O10S2/c1-2-14-53-16-18-55-20-22-57-23-21-56-19-17-54-15-12-35(49)43-13-4-3-5-33(36(50)44-25-28-6-8-29(9-7-28)38(39,40)41)48-26-30(46-47-48)27-58-31-10-11-32-34(24-31)59-37(45-32)60(42,51)52/h6-11,24,26,33H,2-5,12-23,25,27H2,1H3,(H,43,49)(H,44,50)(H2,42,51,52)/t33-/m0/s1. The number of sulfonamides is 1. The highest BCUT2D eigenvalue weighted by atomic mass is 32.2. The Hall–Kier alpha value is -4.29. The van der Waals surface area contributed by atoms with Crippen LogP contribution in [0.15, 0.2) is 53.0 Å². The van der Waals surface area contributed by atoms with E-state index >= 15 is 0 Å². The van der Waals surface area contributed by atoms with Gasteiger partial charge in [-0.05, 0) is 61.6 Å². The molecule has 0 aliphatic carbocycles. The van der Waals surface area contributed by atoms with Crippen molar-refractivity contribution in [1.29, 1.82) is 0 Å². The fraction of sp³-hybridized carbons (Fsp3) is 0.553. The van der Waals surface area contributed by atoms with E-state index in [2.05, 4.69) is 32.9 Å². The molecule has 4 N–H and O–H groups in total. The van der Waals surface area contributed by atoms with Crippen molar-refractivity contribution in [3.63, 3.8) is 0 Å². The summed E-state index contributed by atoms with van der Waals surface area (Å²) in [4.78, 5) is 29.8. The molecule has 60 heavy (non-hydrogen) atoms.